The summed E-state index contributed by atoms with van der Waals surface area (Å²) in [6.45, 7) is 0.278. The molecule has 21 heavy (non-hydrogen) atoms. The molecule has 3 rings (SSSR count). The first kappa shape index (κ1) is 13.8. The molecule has 1 aromatic carbocycles. The third-order valence-corrected chi connectivity index (χ3v) is 3.83. The lowest BCUT2D eigenvalue weighted by molar-refractivity contribution is -0.0683. The molecule has 2 aliphatic rings. The topological polar surface area (TPSA) is 100 Å². The number of hydroxylamine groups is 2. The largest absolute Gasteiger partial charge is 0.454 e. The van der Waals surface area contributed by atoms with Gasteiger partial charge in [0, 0.05) is 10.9 Å². The molecule has 112 valence electrons. The molecule has 0 saturated carbocycles. The first-order valence-corrected chi connectivity index (χ1v) is 6.85. The summed E-state index contributed by atoms with van der Waals surface area (Å²) in [5, 5.41) is 0.847. The lowest BCUT2D eigenvalue weighted by Gasteiger charge is -2.19. The summed E-state index contributed by atoms with van der Waals surface area (Å²) >= 11 is 3.43. The SMILES string of the molecule is NC(=O)ON1C(=O)OC[C@H]1Cc1cc2c(cc1Br)OCO2. The van der Waals surface area contributed by atoms with E-state index >= 15 is 0 Å². The van der Waals surface area contributed by atoms with Crippen LogP contribution in [-0.2, 0) is 16.0 Å². The quantitative estimate of drug-likeness (QED) is 0.879. The fourth-order valence-electron chi connectivity index (χ4n) is 2.17. The van der Waals surface area contributed by atoms with Crippen LogP contribution in [0.3, 0.4) is 0 Å². The molecule has 2 aliphatic heterocycles. The van der Waals surface area contributed by atoms with Gasteiger partial charge >= 0.3 is 12.2 Å². The van der Waals surface area contributed by atoms with Crippen LogP contribution in [0, 0.1) is 0 Å². The zero-order valence-corrected chi connectivity index (χ0v) is 12.3. The van der Waals surface area contributed by atoms with Gasteiger partial charge in [-0.2, -0.15) is 0 Å². The molecule has 0 aliphatic carbocycles. The fraction of sp³-hybridized carbons (Fsp3) is 0.333. The fourth-order valence-corrected chi connectivity index (χ4v) is 2.65. The highest BCUT2D eigenvalue weighted by molar-refractivity contribution is 9.10. The Hall–Kier alpha value is -2.16. The van der Waals surface area contributed by atoms with Crippen molar-refractivity contribution in [3.05, 3.63) is 22.2 Å². The van der Waals surface area contributed by atoms with Crippen LogP contribution in [0.2, 0.25) is 0 Å². The smallest absolute Gasteiger partial charge is 0.443 e. The van der Waals surface area contributed by atoms with Gasteiger partial charge in [0.2, 0.25) is 6.79 Å². The van der Waals surface area contributed by atoms with Gasteiger partial charge in [0.25, 0.3) is 0 Å². The van der Waals surface area contributed by atoms with E-state index in [1.807, 2.05) is 0 Å². The van der Waals surface area contributed by atoms with Gasteiger partial charge in [0.05, 0.1) is 0 Å². The monoisotopic (exact) mass is 358 g/mol. The standard InChI is InChI=1S/C12H11BrN2O6/c13-8-3-10-9(19-5-20-10)2-6(8)1-7-4-18-12(17)15(7)21-11(14)16/h2-3,7H,1,4-5H2,(H2,14,16)/t7-/m1/s1. The van der Waals surface area contributed by atoms with E-state index in [9.17, 15) is 9.59 Å². The maximum absolute atomic E-state index is 11.5. The molecule has 1 saturated heterocycles. The summed E-state index contributed by atoms with van der Waals surface area (Å²) < 4.78 is 16.2. The van der Waals surface area contributed by atoms with Crippen molar-refractivity contribution in [3.8, 4) is 11.5 Å². The Balaban J connectivity index is 1.79. The third-order valence-electron chi connectivity index (χ3n) is 3.10. The Morgan fingerprint density at radius 3 is 2.81 bits per heavy atom. The van der Waals surface area contributed by atoms with E-state index in [0.29, 0.717) is 17.9 Å². The normalized spacial score (nSPS) is 19.6. The molecule has 9 heteroatoms. The molecular weight excluding hydrogens is 348 g/mol. The van der Waals surface area contributed by atoms with E-state index in [0.717, 1.165) is 15.1 Å². The van der Waals surface area contributed by atoms with Crippen molar-refractivity contribution in [2.45, 2.75) is 12.5 Å². The summed E-state index contributed by atoms with van der Waals surface area (Å²) in [4.78, 5) is 27.0. The average molecular weight is 359 g/mol. The Morgan fingerprint density at radius 2 is 2.10 bits per heavy atom. The number of cyclic esters (lactones) is 1. The van der Waals surface area contributed by atoms with Crippen LogP contribution in [0.1, 0.15) is 5.56 Å². The van der Waals surface area contributed by atoms with E-state index in [4.69, 9.17) is 19.9 Å². The predicted molar refractivity (Wildman–Crippen MR) is 71.6 cm³/mol. The van der Waals surface area contributed by atoms with Gasteiger partial charge in [-0.25, -0.2) is 9.59 Å². The number of rotatable bonds is 3. The first-order valence-electron chi connectivity index (χ1n) is 6.06. The van der Waals surface area contributed by atoms with E-state index < -0.39 is 18.2 Å². The minimum absolute atomic E-state index is 0.104. The molecule has 1 aromatic rings. The second kappa shape index (κ2) is 5.32. The predicted octanol–water partition coefficient (Wildman–Crippen LogP) is 1.55. The van der Waals surface area contributed by atoms with Crippen molar-refractivity contribution in [2.75, 3.05) is 13.4 Å². The van der Waals surface area contributed by atoms with Gasteiger partial charge in [0.15, 0.2) is 11.5 Å². The number of primary amides is 1. The maximum atomic E-state index is 11.5. The van der Waals surface area contributed by atoms with E-state index in [1.54, 1.807) is 12.1 Å². The second-order valence-electron chi connectivity index (χ2n) is 4.47. The highest BCUT2D eigenvalue weighted by Gasteiger charge is 2.37. The molecule has 0 spiro atoms. The second-order valence-corrected chi connectivity index (χ2v) is 5.32. The molecule has 0 bridgehead atoms. The summed E-state index contributed by atoms with van der Waals surface area (Å²) in [6.07, 6.45) is -1.41. The Bertz CT molecular complexity index is 608. The van der Waals surface area contributed by atoms with Crippen LogP contribution in [0.4, 0.5) is 9.59 Å². The lowest BCUT2D eigenvalue weighted by Crippen LogP contribution is -2.38. The number of hydrogen-bond donors (Lipinski definition) is 1. The lowest BCUT2D eigenvalue weighted by atomic mass is 10.1. The molecule has 0 unspecified atom stereocenters. The highest BCUT2D eigenvalue weighted by Crippen LogP contribution is 2.37. The number of amides is 2. The summed E-state index contributed by atoms with van der Waals surface area (Å²) in [6, 6.07) is 3.13. The summed E-state index contributed by atoms with van der Waals surface area (Å²) in [5.74, 6) is 1.27. The van der Waals surface area contributed by atoms with Gasteiger partial charge in [-0.3, -0.25) is 0 Å². The zero-order valence-electron chi connectivity index (χ0n) is 10.7. The van der Waals surface area contributed by atoms with Crippen LogP contribution < -0.4 is 15.2 Å². The van der Waals surface area contributed by atoms with Crippen LogP contribution >= 0.6 is 15.9 Å². The minimum atomic E-state index is -1.07. The number of nitrogens with zero attached hydrogens (tertiary/aromatic N) is 1. The highest BCUT2D eigenvalue weighted by atomic mass is 79.9. The van der Waals surface area contributed by atoms with Gasteiger partial charge in [-0.15, -0.1) is 5.06 Å². The van der Waals surface area contributed by atoms with Gasteiger partial charge in [0.1, 0.15) is 12.6 Å². The summed E-state index contributed by atoms with van der Waals surface area (Å²) in [5.41, 5.74) is 5.80. The molecule has 2 heterocycles. The zero-order chi connectivity index (χ0) is 15.0. The molecule has 2 amide bonds. The maximum Gasteiger partial charge on any atom is 0.443 e. The minimum Gasteiger partial charge on any atom is -0.454 e. The van der Waals surface area contributed by atoms with E-state index in [-0.39, 0.29) is 13.4 Å². The number of halogens is 1. The number of fused-ring (bicyclic) bond motifs is 1. The van der Waals surface area contributed by atoms with E-state index in [1.165, 1.54) is 0 Å². The van der Waals surface area contributed by atoms with Gasteiger partial charge < -0.3 is 24.8 Å². The van der Waals surface area contributed by atoms with Crippen molar-refractivity contribution in [3.63, 3.8) is 0 Å². The van der Waals surface area contributed by atoms with Crippen LogP contribution in [0.25, 0.3) is 0 Å². The van der Waals surface area contributed by atoms with Crippen molar-refractivity contribution >= 4 is 28.1 Å². The number of carbonyl (C=O) groups excluding carboxylic acids is 2. The van der Waals surface area contributed by atoms with Crippen LogP contribution in [0.5, 0.6) is 11.5 Å². The Kier molecular flexibility index (Phi) is 3.50. The van der Waals surface area contributed by atoms with Crippen molar-refractivity contribution < 1.29 is 28.6 Å². The third kappa shape index (κ3) is 2.68. The summed E-state index contributed by atoms with van der Waals surface area (Å²) in [7, 11) is 0. The van der Waals surface area contributed by atoms with Gasteiger partial charge in [-0.05, 0) is 17.7 Å². The molecule has 0 radical (unpaired) electrons. The molecule has 1 fully saturated rings. The van der Waals surface area contributed by atoms with Crippen molar-refractivity contribution in [1.82, 2.24) is 5.06 Å². The first-order chi connectivity index (χ1) is 10.0. The number of nitrogens with two attached hydrogens (primary N) is 1. The number of ether oxygens (including phenoxy) is 3. The molecule has 0 aromatic heterocycles. The number of benzene rings is 1. The van der Waals surface area contributed by atoms with Crippen molar-refractivity contribution in [2.24, 2.45) is 5.73 Å². The Morgan fingerprint density at radius 1 is 1.38 bits per heavy atom. The number of hydrogen-bond acceptors (Lipinski definition) is 6. The molecular formula is C12H11BrN2O6. The Labute approximate surface area is 127 Å². The molecule has 1 atom stereocenters. The molecule has 2 N–H and O–H groups in total. The van der Waals surface area contributed by atoms with Crippen LogP contribution in [-0.4, -0.2) is 36.7 Å². The van der Waals surface area contributed by atoms with Crippen molar-refractivity contribution in [1.29, 1.82) is 0 Å². The van der Waals surface area contributed by atoms with E-state index in [2.05, 4.69) is 20.8 Å². The number of carbonyl (C=O) groups is 2. The molecule has 8 nitrogen and oxygen atoms in total. The average Bonchev–Trinajstić information content (AvgIpc) is 2.99. The van der Waals surface area contributed by atoms with Crippen LogP contribution in [0.15, 0.2) is 16.6 Å². The van der Waals surface area contributed by atoms with Gasteiger partial charge in [-0.1, -0.05) is 15.9 Å².